The van der Waals surface area contributed by atoms with Crippen LogP contribution >= 0.6 is 0 Å². The summed E-state index contributed by atoms with van der Waals surface area (Å²) in [7, 11) is 1.67. The van der Waals surface area contributed by atoms with Gasteiger partial charge in [-0.15, -0.1) is 0 Å². The maximum Gasteiger partial charge on any atom is 0.220 e. The largest absolute Gasteiger partial charge is 0.496 e. The zero-order chi connectivity index (χ0) is 19.1. The predicted molar refractivity (Wildman–Crippen MR) is 109 cm³/mol. The summed E-state index contributed by atoms with van der Waals surface area (Å²) in [5.74, 6) is 0.973. The summed E-state index contributed by atoms with van der Waals surface area (Å²) in [4.78, 5) is 14.7. The SMILES string of the molecule is COc1ccc(CCC(=O)NCc2ccc(CN3CCCC3)cc2)cc1C. The molecule has 3 rings (SSSR count). The summed E-state index contributed by atoms with van der Waals surface area (Å²) in [6.45, 7) is 6.07. The van der Waals surface area contributed by atoms with Crippen molar-refractivity contribution in [2.24, 2.45) is 0 Å². The van der Waals surface area contributed by atoms with E-state index in [0.29, 0.717) is 13.0 Å². The lowest BCUT2D eigenvalue weighted by Gasteiger charge is -2.14. The summed E-state index contributed by atoms with van der Waals surface area (Å²) in [5.41, 5.74) is 4.76. The molecule has 0 unspecified atom stereocenters. The van der Waals surface area contributed by atoms with E-state index in [1.54, 1.807) is 7.11 Å². The number of aryl methyl sites for hydroxylation is 2. The van der Waals surface area contributed by atoms with E-state index in [-0.39, 0.29) is 5.91 Å². The van der Waals surface area contributed by atoms with E-state index >= 15 is 0 Å². The number of methoxy groups -OCH3 is 1. The molecule has 4 heteroatoms. The molecule has 144 valence electrons. The van der Waals surface area contributed by atoms with E-state index in [1.807, 2.05) is 19.1 Å². The highest BCUT2D eigenvalue weighted by Gasteiger charge is 2.11. The second-order valence-electron chi connectivity index (χ2n) is 7.38. The van der Waals surface area contributed by atoms with Crippen LogP contribution in [0.1, 0.15) is 41.5 Å². The summed E-state index contributed by atoms with van der Waals surface area (Å²) in [6.07, 6.45) is 3.88. The van der Waals surface area contributed by atoms with Crippen molar-refractivity contribution in [3.05, 3.63) is 64.7 Å². The van der Waals surface area contributed by atoms with Crippen LogP contribution in [0.2, 0.25) is 0 Å². The number of rotatable bonds is 8. The minimum atomic E-state index is 0.0876. The van der Waals surface area contributed by atoms with Crippen LogP contribution in [0.15, 0.2) is 42.5 Å². The quantitative estimate of drug-likeness (QED) is 0.772. The zero-order valence-electron chi connectivity index (χ0n) is 16.5. The van der Waals surface area contributed by atoms with E-state index in [2.05, 4.69) is 40.5 Å². The molecule has 0 aliphatic carbocycles. The fourth-order valence-corrected chi connectivity index (χ4v) is 3.60. The number of ether oxygens (including phenoxy) is 1. The van der Waals surface area contributed by atoms with Gasteiger partial charge in [-0.05, 0) is 67.6 Å². The number of carbonyl (C=O) groups is 1. The molecule has 1 saturated heterocycles. The Morgan fingerprint density at radius 3 is 2.37 bits per heavy atom. The van der Waals surface area contributed by atoms with Crippen LogP contribution in [0.3, 0.4) is 0 Å². The monoisotopic (exact) mass is 366 g/mol. The first-order valence-electron chi connectivity index (χ1n) is 9.84. The van der Waals surface area contributed by atoms with E-state index in [1.165, 1.54) is 31.5 Å². The molecule has 0 aromatic heterocycles. The first-order valence-corrected chi connectivity index (χ1v) is 9.84. The Hall–Kier alpha value is -2.33. The van der Waals surface area contributed by atoms with Gasteiger partial charge < -0.3 is 10.1 Å². The summed E-state index contributed by atoms with van der Waals surface area (Å²) in [6, 6.07) is 14.7. The normalized spacial score (nSPS) is 14.3. The Labute approximate surface area is 162 Å². The molecule has 1 amide bonds. The highest BCUT2D eigenvalue weighted by molar-refractivity contribution is 5.76. The first-order chi connectivity index (χ1) is 13.1. The van der Waals surface area contributed by atoms with Gasteiger partial charge in [0, 0.05) is 19.5 Å². The Morgan fingerprint density at radius 1 is 1.04 bits per heavy atom. The molecule has 2 aromatic carbocycles. The fraction of sp³-hybridized carbons (Fsp3) is 0.435. The van der Waals surface area contributed by atoms with Crippen LogP contribution < -0.4 is 10.1 Å². The minimum absolute atomic E-state index is 0.0876. The third-order valence-electron chi connectivity index (χ3n) is 5.22. The number of hydrogen-bond donors (Lipinski definition) is 1. The minimum Gasteiger partial charge on any atom is -0.496 e. The predicted octanol–water partition coefficient (Wildman–Crippen LogP) is 3.85. The summed E-state index contributed by atoms with van der Waals surface area (Å²) < 4.78 is 5.28. The summed E-state index contributed by atoms with van der Waals surface area (Å²) >= 11 is 0. The van der Waals surface area contributed by atoms with Gasteiger partial charge >= 0.3 is 0 Å². The molecular weight excluding hydrogens is 336 g/mol. The molecule has 0 atom stereocenters. The van der Waals surface area contributed by atoms with Crippen LogP contribution in [0.25, 0.3) is 0 Å². The van der Waals surface area contributed by atoms with Crippen molar-refractivity contribution in [2.45, 2.75) is 45.7 Å². The highest BCUT2D eigenvalue weighted by atomic mass is 16.5. The number of hydrogen-bond acceptors (Lipinski definition) is 3. The topological polar surface area (TPSA) is 41.6 Å². The zero-order valence-corrected chi connectivity index (χ0v) is 16.5. The number of nitrogens with one attached hydrogen (secondary N) is 1. The molecule has 1 heterocycles. The van der Waals surface area contributed by atoms with Crippen molar-refractivity contribution in [3.8, 4) is 5.75 Å². The van der Waals surface area contributed by atoms with Gasteiger partial charge in [0.05, 0.1) is 7.11 Å². The second-order valence-corrected chi connectivity index (χ2v) is 7.38. The van der Waals surface area contributed by atoms with Crippen molar-refractivity contribution >= 4 is 5.91 Å². The van der Waals surface area contributed by atoms with Gasteiger partial charge in [-0.25, -0.2) is 0 Å². The van der Waals surface area contributed by atoms with Crippen molar-refractivity contribution in [3.63, 3.8) is 0 Å². The lowest BCUT2D eigenvalue weighted by Crippen LogP contribution is -2.23. The van der Waals surface area contributed by atoms with Crippen LogP contribution in [-0.4, -0.2) is 31.0 Å². The average molecular weight is 367 g/mol. The molecule has 1 aliphatic heterocycles. The third-order valence-corrected chi connectivity index (χ3v) is 5.22. The van der Waals surface area contributed by atoms with Gasteiger partial charge in [0.25, 0.3) is 0 Å². The van der Waals surface area contributed by atoms with Crippen molar-refractivity contribution in [1.29, 1.82) is 0 Å². The third kappa shape index (κ3) is 5.83. The van der Waals surface area contributed by atoms with E-state index in [9.17, 15) is 4.79 Å². The number of amides is 1. The molecule has 4 nitrogen and oxygen atoms in total. The number of likely N-dealkylation sites (tertiary alicyclic amines) is 1. The average Bonchev–Trinajstić information content (AvgIpc) is 3.19. The molecule has 0 radical (unpaired) electrons. The Morgan fingerprint density at radius 2 is 1.70 bits per heavy atom. The molecule has 2 aromatic rings. The van der Waals surface area contributed by atoms with Crippen LogP contribution in [0.5, 0.6) is 5.75 Å². The second kappa shape index (κ2) is 9.56. The van der Waals surface area contributed by atoms with Gasteiger partial charge in [0.15, 0.2) is 0 Å². The molecule has 1 N–H and O–H groups in total. The van der Waals surface area contributed by atoms with E-state index in [4.69, 9.17) is 4.74 Å². The maximum absolute atomic E-state index is 12.2. The molecule has 0 spiro atoms. The molecule has 0 saturated carbocycles. The lowest BCUT2D eigenvalue weighted by molar-refractivity contribution is -0.121. The van der Waals surface area contributed by atoms with Crippen LogP contribution in [0, 0.1) is 6.92 Å². The first kappa shape index (κ1) is 19.4. The standard InChI is InChI=1S/C23H30N2O2/c1-18-15-19(9-11-22(18)27-2)10-12-23(26)24-16-20-5-7-21(8-6-20)17-25-13-3-4-14-25/h5-9,11,15H,3-4,10,12-14,16-17H2,1-2H3,(H,24,26). The number of nitrogens with zero attached hydrogens (tertiary/aromatic N) is 1. The smallest absolute Gasteiger partial charge is 0.220 e. The Bertz CT molecular complexity index is 749. The summed E-state index contributed by atoms with van der Waals surface area (Å²) in [5, 5.41) is 3.02. The molecular formula is C23H30N2O2. The van der Waals surface area contributed by atoms with E-state index in [0.717, 1.165) is 35.4 Å². The number of benzene rings is 2. The van der Waals surface area contributed by atoms with Gasteiger partial charge in [0.1, 0.15) is 5.75 Å². The van der Waals surface area contributed by atoms with Crippen molar-refractivity contribution < 1.29 is 9.53 Å². The van der Waals surface area contributed by atoms with Crippen molar-refractivity contribution in [2.75, 3.05) is 20.2 Å². The van der Waals surface area contributed by atoms with Gasteiger partial charge in [-0.3, -0.25) is 9.69 Å². The lowest BCUT2D eigenvalue weighted by atomic mass is 10.1. The van der Waals surface area contributed by atoms with Gasteiger partial charge in [-0.2, -0.15) is 0 Å². The van der Waals surface area contributed by atoms with E-state index < -0.39 is 0 Å². The molecule has 0 bridgehead atoms. The molecule has 1 aliphatic rings. The highest BCUT2D eigenvalue weighted by Crippen LogP contribution is 2.19. The molecule has 27 heavy (non-hydrogen) atoms. The Balaban J connectivity index is 1.41. The molecule has 1 fully saturated rings. The van der Waals surface area contributed by atoms with Crippen molar-refractivity contribution in [1.82, 2.24) is 10.2 Å². The van der Waals surface area contributed by atoms with Gasteiger partial charge in [0.2, 0.25) is 5.91 Å². The van der Waals surface area contributed by atoms with Gasteiger partial charge in [-0.1, -0.05) is 36.4 Å². The van der Waals surface area contributed by atoms with Crippen LogP contribution in [0.4, 0.5) is 0 Å². The fourth-order valence-electron chi connectivity index (χ4n) is 3.60. The Kier molecular flexibility index (Phi) is 6.88. The number of carbonyl (C=O) groups excluding carboxylic acids is 1. The van der Waals surface area contributed by atoms with Crippen LogP contribution in [-0.2, 0) is 24.3 Å². The maximum atomic E-state index is 12.2.